The molecule has 1 aromatic carbocycles. The van der Waals surface area contributed by atoms with Gasteiger partial charge in [-0.25, -0.2) is 9.18 Å². The molecule has 5 nitrogen and oxygen atoms in total. The second-order valence-electron chi connectivity index (χ2n) is 5.04. The van der Waals surface area contributed by atoms with E-state index in [0.717, 1.165) is 6.42 Å². The van der Waals surface area contributed by atoms with Gasteiger partial charge in [0.1, 0.15) is 5.82 Å². The molecular formula is C14H17FN2O3. The Kier molecular flexibility index (Phi) is 4.22. The van der Waals surface area contributed by atoms with Gasteiger partial charge in [0, 0.05) is 11.7 Å². The third-order valence-electron chi connectivity index (χ3n) is 3.57. The number of hydrogen-bond acceptors (Lipinski definition) is 2. The van der Waals surface area contributed by atoms with Gasteiger partial charge in [0.2, 0.25) is 0 Å². The van der Waals surface area contributed by atoms with E-state index in [1.807, 2.05) is 0 Å². The minimum atomic E-state index is -0.884. The molecule has 1 aromatic rings. The summed E-state index contributed by atoms with van der Waals surface area (Å²) in [5, 5.41) is 14.3. The summed E-state index contributed by atoms with van der Waals surface area (Å²) in [4.78, 5) is 22.8. The van der Waals surface area contributed by atoms with Crippen LogP contribution >= 0.6 is 0 Å². The number of amides is 2. The number of hydrogen-bond donors (Lipinski definition) is 3. The van der Waals surface area contributed by atoms with Crippen molar-refractivity contribution in [3.63, 3.8) is 0 Å². The van der Waals surface area contributed by atoms with E-state index in [1.165, 1.54) is 18.2 Å². The summed E-state index contributed by atoms with van der Waals surface area (Å²) in [6.07, 6.45) is 2.03. The molecule has 2 rings (SSSR count). The monoisotopic (exact) mass is 280 g/mol. The first-order valence-corrected chi connectivity index (χ1v) is 6.54. The highest BCUT2D eigenvalue weighted by molar-refractivity contribution is 5.90. The first kappa shape index (κ1) is 14.3. The van der Waals surface area contributed by atoms with Crippen molar-refractivity contribution in [2.45, 2.75) is 32.2 Å². The minimum Gasteiger partial charge on any atom is -0.481 e. The fraction of sp³-hybridized carbons (Fsp3) is 0.429. The topological polar surface area (TPSA) is 78.4 Å². The van der Waals surface area contributed by atoms with Crippen LogP contribution in [0, 0.1) is 18.7 Å². The molecule has 20 heavy (non-hydrogen) atoms. The molecule has 0 heterocycles. The van der Waals surface area contributed by atoms with Gasteiger partial charge in [0.25, 0.3) is 0 Å². The molecule has 2 atom stereocenters. The van der Waals surface area contributed by atoms with Gasteiger partial charge in [-0.15, -0.1) is 0 Å². The molecule has 0 aliphatic heterocycles. The number of halogens is 1. The van der Waals surface area contributed by atoms with Crippen LogP contribution in [0.4, 0.5) is 14.9 Å². The van der Waals surface area contributed by atoms with Crippen molar-refractivity contribution >= 4 is 17.7 Å². The van der Waals surface area contributed by atoms with E-state index in [9.17, 15) is 14.0 Å². The predicted octanol–water partition coefficient (Wildman–Crippen LogP) is 2.51. The largest absolute Gasteiger partial charge is 0.481 e. The number of aliphatic carboxylic acids is 1. The highest BCUT2D eigenvalue weighted by Gasteiger charge is 2.33. The highest BCUT2D eigenvalue weighted by Crippen LogP contribution is 2.26. The summed E-state index contributed by atoms with van der Waals surface area (Å²) in [6, 6.07) is 3.45. The van der Waals surface area contributed by atoms with Crippen molar-refractivity contribution in [3.8, 4) is 0 Å². The molecule has 108 valence electrons. The highest BCUT2D eigenvalue weighted by atomic mass is 19.1. The molecule has 2 amide bonds. The van der Waals surface area contributed by atoms with E-state index in [0.29, 0.717) is 24.1 Å². The second-order valence-corrected chi connectivity index (χ2v) is 5.04. The van der Waals surface area contributed by atoms with Crippen molar-refractivity contribution < 1.29 is 19.1 Å². The molecule has 0 saturated heterocycles. The zero-order chi connectivity index (χ0) is 14.7. The third-order valence-corrected chi connectivity index (χ3v) is 3.57. The Morgan fingerprint density at radius 2 is 2.10 bits per heavy atom. The fourth-order valence-corrected chi connectivity index (χ4v) is 2.49. The molecule has 3 N–H and O–H groups in total. The lowest BCUT2D eigenvalue weighted by Crippen LogP contribution is -2.42. The molecule has 1 aliphatic carbocycles. The van der Waals surface area contributed by atoms with Crippen LogP contribution in [-0.4, -0.2) is 23.1 Å². The van der Waals surface area contributed by atoms with Crippen molar-refractivity contribution in [1.29, 1.82) is 0 Å². The molecule has 0 spiro atoms. The lowest BCUT2D eigenvalue weighted by Gasteiger charge is -2.18. The Morgan fingerprint density at radius 3 is 2.75 bits per heavy atom. The van der Waals surface area contributed by atoms with Crippen LogP contribution in [0.5, 0.6) is 0 Å². The third kappa shape index (κ3) is 3.26. The minimum absolute atomic E-state index is 0.335. The molecule has 2 unspecified atom stereocenters. The SMILES string of the molecule is Cc1cc(NC(=O)NC2CCCC2C(=O)O)ccc1F. The molecule has 0 bridgehead atoms. The van der Waals surface area contributed by atoms with Gasteiger partial charge in [0.15, 0.2) is 0 Å². The van der Waals surface area contributed by atoms with Crippen LogP contribution in [0.2, 0.25) is 0 Å². The smallest absolute Gasteiger partial charge is 0.319 e. The van der Waals surface area contributed by atoms with E-state index in [-0.39, 0.29) is 11.9 Å². The van der Waals surface area contributed by atoms with Crippen LogP contribution in [-0.2, 0) is 4.79 Å². The maximum atomic E-state index is 13.1. The van der Waals surface area contributed by atoms with Crippen LogP contribution in [0.3, 0.4) is 0 Å². The first-order valence-electron chi connectivity index (χ1n) is 6.54. The second kappa shape index (κ2) is 5.90. The number of aryl methyl sites for hydroxylation is 1. The molecule has 6 heteroatoms. The summed E-state index contributed by atoms with van der Waals surface area (Å²) < 4.78 is 13.1. The number of benzene rings is 1. The molecule has 1 saturated carbocycles. The average molecular weight is 280 g/mol. The fourth-order valence-electron chi connectivity index (χ4n) is 2.49. The van der Waals surface area contributed by atoms with Crippen LogP contribution in [0.1, 0.15) is 24.8 Å². The Balaban J connectivity index is 1.95. The molecule has 0 aromatic heterocycles. The predicted molar refractivity (Wildman–Crippen MR) is 72.1 cm³/mol. The summed E-state index contributed by atoms with van der Waals surface area (Å²) in [7, 11) is 0. The van der Waals surface area contributed by atoms with E-state index in [4.69, 9.17) is 5.11 Å². The number of rotatable bonds is 3. The van der Waals surface area contributed by atoms with E-state index in [1.54, 1.807) is 6.92 Å². The molecule has 1 aliphatic rings. The quantitative estimate of drug-likeness (QED) is 0.796. The van der Waals surface area contributed by atoms with Gasteiger partial charge >= 0.3 is 12.0 Å². The number of carbonyl (C=O) groups is 2. The Labute approximate surface area is 116 Å². The van der Waals surface area contributed by atoms with E-state index >= 15 is 0 Å². The number of carbonyl (C=O) groups excluding carboxylic acids is 1. The number of anilines is 1. The zero-order valence-corrected chi connectivity index (χ0v) is 11.1. The zero-order valence-electron chi connectivity index (χ0n) is 11.1. The lowest BCUT2D eigenvalue weighted by molar-refractivity contribution is -0.142. The van der Waals surface area contributed by atoms with Gasteiger partial charge in [0.05, 0.1) is 5.92 Å². The van der Waals surface area contributed by atoms with Gasteiger partial charge in [-0.2, -0.15) is 0 Å². The summed E-state index contributed by atoms with van der Waals surface area (Å²) in [5.74, 6) is -1.75. The Bertz CT molecular complexity index is 533. The van der Waals surface area contributed by atoms with Gasteiger partial charge in [-0.1, -0.05) is 6.42 Å². The first-order chi connectivity index (χ1) is 9.47. The molecular weight excluding hydrogens is 263 g/mol. The van der Waals surface area contributed by atoms with Crippen LogP contribution < -0.4 is 10.6 Å². The van der Waals surface area contributed by atoms with Crippen LogP contribution in [0.25, 0.3) is 0 Å². The van der Waals surface area contributed by atoms with E-state index in [2.05, 4.69) is 10.6 Å². The maximum absolute atomic E-state index is 13.1. The molecule has 1 fully saturated rings. The van der Waals surface area contributed by atoms with Gasteiger partial charge in [-0.3, -0.25) is 4.79 Å². The average Bonchev–Trinajstić information content (AvgIpc) is 2.82. The van der Waals surface area contributed by atoms with Crippen molar-refractivity contribution in [2.75, 3.05) is 5.32 Å². The normalized spacial score (nSPS) is 21.5. The van der Waals surface area contributed by atoms with Gasteiger partial charge < -0.3 is 15.7 Å². The summed E-state index contributed by atoms with van der Waals surface area (Å²) >= 11 is 0. The summed E-state index contributed by atoms with van der Waals surface area (Å²) in [6.45, 7) is 1.61. The van der Waals surface area contributed by atoms with E-state index < -0.39 is 17.9 Å². The maximum Gasteiger partial charge on any atom is 0.319 e. The summed E-state index contributed by atoms with van der Waals surface area (Å²) in [5.41, 5.74) is 0.915. The Hall–Kier alpha value is -2.11. The number of urea groups is 1. The Morgan fingerprint density at radius 1 is 1.35 bits per heavy atom. The van der Waals surface area contributed by atoms with Crippen molar-refractivity contribution in [3.05, 3.63) is 29.6 Å². The number of nitrogens with one attached hydrogen (secondary N) is 2. The van der Waals surface area contributed by atoms with Crippen LogP contribution in [0.15, 0.2) is 18.2 Å². The standard InChI is InChI=1S/C14H17FN2O3/c1-8-7-9(5-6-11(8)15)16-14(20)17-12-4-2-3-10(12)13(18)19/h5-7,10,12H,2-4H2,1H3,(H,18,19)(H2,16,17,20). The van der Waals surface area contributed by atoms with Gasteiger partial charge in [-0.05, 0) is 43.5 Å². The number of carboxylic acid groups (broad SMARTS) is 1. The van der Waals surface area contributed by atoms with Crippen molar-refractivity contribution in [2.24, 2.45) is 5.92 Å². The molecule has 0 radical (unpaired) electrons. The van der Waals surface area contributed by atoms with Crippen molar-refractivity contribution in [1.82, 2.24) is 5.32 Å². The lowest BCUT2D eigenvalue weighted by atomic mass is 10.0. The number of carboxylic acids is 1.